The van der Waals surface area contributed by atoms with Crippen LogP contribution in [-0.4, -0.2) is 14.7 Å². The summed E-state index contributed by atoms with van der Waals surface area (Å²) in [5.74, 6) is 0. The summed E-state index contributed by atoms with van der Waals surface area (Å²) < 4.78 is 2.05. The van der Waals surface area contributed by atoms with Crippen molar-refractivity contribution in [2.75, 3.05) is 0 Å². The predicted molar refractivity (Wildman–Crippen MR) is 74.3 cm³/mol. The van der Waals surface area contributed by atoms with Crippen molar-refractivity contribution in [3.05, 3.63) is 53.6 Å². The van der Waals surface area contributed by atoms with Crippen LogP contribution in [-0.2, 0) is 13.0 Å². The Labute approximate surface area is 112 Å². The Balaban J connectivity index is 0.00000120. The maximum Gasteiger partial charge on any atom is 0.0989 e. The van der Waals surface area contributed by atoms with Gasteiger partial charge in [0.2, 0.25) is 0 Å². The zero-order valence-corrected chi connectivity index (χ0v) is 10.7. The lowest BCUT2D eigenvalue weighted by atomic mass is 9.94. The van der Waals surface area contributed by atoms with Gasteiger partial charge in [-0.2, -0.15) is 0 Å². The second-order valence-corrected chi connectivity index (χ2v) is 4.30. The molecule has 1 aliphatic carbocycles. The first-order chi connectivity index (χ1) is 8.36. The Kier molecular flexibility index (Phi) is 3.84. The van der Waals surface area contributed by atoms with Gasteiger partial charge < -0.3 is 9.67 Å². The number of imidazole rings is 1. The van der Waals surface area contributed by atoms with Crippen molar-refractivity contribution in [3.63, 3.8) is 0 Å². The summed E-state index contributed by atoms with van der Waals surface area (Å²) >= 11 is 0. The van der Waals surface area contributed by atoms with Crippen LogP contribution in [0, 0.1) is 0 Å². The number of allylic oxidation sites excluding steroid dienone is 1. The van der Waals surface area contributed by atoms with E-state index in [1.165, 1.54) is 16.8 Å². The maximum absolute atomic E-state index is 9.15. The molecule has 0 atom stereocenters. The normalized spacial score (nSPS) is 13.5. The lowest BCUT2D eigenvalue weighted by molar-refractivity contribution is 0.282. The van der Waals surface area contributed by atoms with Crippen LogP contribution in [0.2, 0.25) is 0 Å². The van der Waals surface area contributed by atoms with Gasteiger partial charge in [0.1, 0.15) is 0 Å². The largest absolute Gasteiger partial charge is 0.392 e. The molecule has 0 bridgehead atoms. The van der Waals surface area contributed by atoms with Crippen molar-refractivity contribution in [3.8, 4) is 0 Å². The topological polar surface area (TPSA) is 38.0 Å². The highest BCUT2D eigenvalue weighted by atomic mass is 35.5. The molecule has 1 heterocycles. The molecule has 0 unspecified atom stereocenters. The van der Waals surface area contributed by atoms with Crippen LogP contribution in [0.4, 0.5) is 0 Å². The second kappa shape index (κ2) is 5.38. The molecule has 0 aliphatic heterocycles. The summed E-state index contributed by atoms with van der Waals surface area (Å²) in [6.45, 7) is 0.0987. The zero-order valence-electron chi connectivity index (χ0n) is 9.91. The van der Waals surface area contributed by atoms with Gasteiger partial charge in [-0.1, -0.05) is 12.1 Å². The van der Waals surface area contributed by atoms with E-state index in [0.717, 1.165) is 18.4 Å². The van der Waals surface area contributed by atoms with Crippen LogP contribution in [0.1, 0.15) is 23.1 Å². The Bertz CT molecular complexity index is 561. The van der Waals surface area contributed by atoms with E-state index in [4.69, 9.17) is 5.11 Å². The first-order valence-corrected chi connectivity index (χ1v) is 5.78. The molecule has 0 fully saturated rings. The van der Waals surface area contributed by atoms with Crippen molar-refractivity contribution in [1.29, 1.82) is 0 Å². The first kappa shape index (κ1) is 12.9. The molecule has 0 saturated heterocycles. The van der Waals surface area contributed by atoms with Crippen molar-refractivity contribution in [1.82, 2.24) is 9.55 Å². The lowest BCUT2D eigenvalue weighted by Crippen LogP contribution is -2.03. The minimum absolute atomic E-state index is 0. The van der Waals surface area contributed by atoms with Crippen molar-refractivity contribution < 1.29 is 5.11 Å². The Hall–Kier alpha value is -1.58. The van der Waals surface area contributed by atoms with Gasteiger partial charge in [0, 0.05) is 18.1 Å². The molecular weight excluding hydrogens is 248 g/mol. The Morgan fingerprint density at radius 3 is 2.89 bits per heavy atom. The van der Waals surface area contributed by atoms with Crippen molar-refractivity contribution in [2.45, 2.75) is 19.4 Å². The van der Waals surface area contributed by atoms with E-state index in [0.29, 0.717) is 0 Å². The zero-order chi connectivity index (χ0) is 11.7. The summed E-state index contributed by atoms with van der Waals surface area (Å²) in [7, 11) is 0. The average Bonchev–Trinajstić information content (AvgIpc) is 2.91. The third kappa shape index (κ3) is 2.33. The number of halogens is 1. The van der Waals surface area contributed by atoms with E-state index in [2.05, 4.69) is 27.8 Å². The fourth-order valence-corrected chi connectivity index (χ4v) is 2.25. The fourth-order valence-electron chi connectivity index (χ4n) is 2.25. The first-order valence-electron chi connectivity index (χ1n) is 5.78. The van der Waals surface area contributed by atoms with Crippen LogP contribution < -0.4 is 0 Å². The third-order valence-electron chi connectivity index (χ3n) is 3.20. The minimum atomic E-state index is 0. The number of aliphatic hydroxyl groups excluding tert-OH is 1. The molecule has 4 heteroatoms. The standard InChI is InChI=1S/C14H14N2O.ClH/c17-9-11-1-2-12-3-4-14(8-13(12)7-11)16-6-5-15-10-16;/h1-2,5-8,10,17H,3-4,9H2;1H. The summed E-state index contributed by atoms with van der Waals surface area (Å²) in [5, 5.41) is 9.15. The molecule has 1 N–H and O–H groups in total. The monoisotopic (exact) mass is 262 g/mol. The second-order valence-electron chi connectivity index (χ2n) is 4.30. The molecule has 0 amide bonds. The summed E-state index contributed by atoms with van der Waals surface area (Å²) in [6, 6.07) is 6.17. The molecule has 1 aromatic carbocycles. The number of fused-ring (bicyclic) bond motifs is 1. The number of aromatic nitrogens is 2. The Morgan fingerprint density at radius 1 is 1.28 bits per heavy atom. The number of rotatable bonds is 2. The maximum atomic E-state index is 9.15. The predicted octanol–water partition coefficient (Wildman–Crippen LogP) is 2.74. The van der Waals surface area contributed by atoms with Crippen LogP contribution in [0.15, 0.2) is 36.9 Å². The van der Waals surface area contributed by atoms with Gasteiger partial charge in [-0.3, -0.25) is 0 Å². The molecule has 3 rings (SSSR count). The highest BCUT2D eigenvalue weighted by Gasteiger charge is 2.11. The van der Waals surface area contributed by atoms with Gasteiger partial charge in [-0.25, -0.2) is 4.98 Å². The summed E-state index contributed by atoms with van der Waals surface area (Å²) in [4.78, 5) is 4.07. The van der Waals surface area contributed by atoms with Crippen molar-refractivity contribution >= 4 is 24.2 Å². The van der Waals surface area contributed by atoms with Crippen LogP contribution in [0.3, 0.4) is 0 Å². The molecule has 94 valence electrons. The van der Waals surface area contributed by atoms with Gasteiger partial charge >= 0.3 is 0 Å². The highest BCUT2D eigenvalue weighted by Crippen LogP contribution is 2.27. The third-order valence-corrected chi connectivity index (χ3v) is 3.20. The van der Waals surface area contributed by atoms with E-state index in [1.54, 1.807) is 6.20 Å². The molecule has 1 aromatic heterocycles. The van der Waals surface area contributed by atoms with Crippen molar-refractivity contribution in [2.24, 2.45) is 0 Å². The smallest absolute Gasteiger partial charge is 0.0989 e. The fraction of sp³-hybridized carbons (Fsp3) is 0.214. The summed E-state index contributed by atoms with van der Waals surface area (Å²) in [6.07, 6.45) is 9.84. The number of aryl methyl sites for hydroxylation is 1. The summed E-state index contributed by atoms with van der Waals surface area (Å²) in [5.41, 5.74) is 4.79. The highest BCUT2D eigenvalue weighted by molar-refractivity contribution is 5.85. The van der Waals surface area contributed by atoms with E-state index in [1.807, 2.05) is 18.6 Å². The SMILES string of the molecule is Cl.OCc1ccc2c(c1)C=C(n1ccnc1)CC2. The van der Waals surface area contributed by atoms with E-state index < -0.39 is 0 Å². The Morgan fingerprint density at radius 2 is 2.17 bits per heavy atom. The van der Waals surface area contributed by atoms with E-state index >= 15 is 0 Å². The molecule has 0 spiro atoms. The molecule has 0 saturated carbocycles. The van der Waals surface area contributed by atoms with Gasteiger partial charge in [-0.05, 0) is 41.7 Å². The molecule has 18 heavy (non-hydrogen) atoms. The molecule has 2 aromatic rings. The number of hydrogen-bond donors (Lipinski definition) is 1. The van der Waals surface area contributed by atoms with Gasteiger partial charge in [0.15, 0.2) is 0 Å². The average molecular weight is 263 g/mol. The van der Waals surface area contributed by atoms with Gasteiger partial charge in [0.05, 0.1) is 12.9 Å². The number of nitrogens with zero attached hydrogens (tertiary/aromatic N) is 2. The molecule has 0 radical (unpaired) electrons. The van der Waals surface area contributed by atoms with Gasteiger partial charge in [0.25, 0.3) is 0 Å². The quantitative estimate of drug-likeness (QED) is 0.904. The number of hydrogen-bond acceptors (Lipinski definition) is 2. The van der Waals surface area contributed by atoms with Gasteiger partial charge in [-0.15, -0.1) is 12.4 Å². The minimum Gasteiger partial charge on any atom is -0.392 e. The molecule has 1 aliphatic rings. The lowest BCUT2D eigenvalue weighted by Gasteiger charge is -2.17. The van der Waals surface area contributed by atoms with Crippen LogP contribution >= 0.6 is 12.4 Å². The van der Waals surface area contributed by atoms with E-state index in [9.17, 15) is 0 Å². The van der Waals surface area contributed by atoms with E-state index in [-0.39, 0.29) is 19.0 Å². The molecule has 3 nitrogen and oxygen atoms in total. The molecular formula is C14H15ClN2O. The number of aliphatic hydroxyl groups is 1. The number of benzene rings is 1. The van der Waals surface area contributed by atoms with Crippen LogP contribution in [0.25, 0.3) is 11.8 Å². The van der Waals surface area contributed by atoms with Crippen LogP contribution in [0.5, 0.6) is 0 Å².